The van der Waals surface area contributed by atoms with Gasteiger partial charge in [-0.2, -0.15) is 0 Å². The van der Waals surface area contributed by atoms with E-state index in [-0.39, 0.29) is 16.4 Å². The molecule has 19 heavy (non-hydrogen) atoms. The summed E-state index contributed by atoms with van der Waals surface area (Å²) in [6.45, 7) is 0. The summed E-state index contributed by atoms with van der Waals surface area (Å²) in [5.41, 5.74) is -0.496. The van der Waals surface area contributed by atoms with Crippen LogP contribution in [0.2, 0.25) is 0 Å². The van der Waals surface area contributed by atoms with E-state index < -0.39 is 10.9 Å². The van der Waals surface area contributed by atoms with Gasteiger partial charge in [0.2, 0.25) is 0 Å². The van der Waals surface area contributed by atoms with Crippen molar-refractivity contribution in [1.82, 2.24) is 9.97 Å². The molecule has 0 saturated carbocycles. The van der Waals surface area contributed by atoms with Crippen LogP contribution in [0.1, 0.15) is 10.5 Å². The highest BCUT2D eigenvalue weighted by molar-refractivity contribution is 7.99. The van der Waals surface area contributed by atoms with Crippen molar-refractivity contribution in [3.05, 3.63) is 52.3 Å². The number of hydrogen-bond donors (Lipinski definition) is 1. The largest absolute Gasteiger partial charge is 0.477 e. The number of carboxylic acid groups (broad SMARTS) is 1. The summed E-state index contributed by atoms with van der Waals surface area (Å²) >= 11 is 0.947. The van der Waals surface area contributed by atoms with E-state index in [1.807, 2.05) is 0 Å². The Balaban J connectivity index is 2.43. The van der Waals surface area contributed by atoms with Crippen molar-refractivity contribution >= 4 is 23.4 Å². The van der Waals surface area contributed by atoms with Gasteiger partial charge in [0.15, 0.2) is 5.03 Å². The Morgan fingerprint density at radius 3 is 2.68 bits per heavy atom. The van der Waals surface area contributed by atoms with Gasteiger partial charge in [-0.3, -0.25) is 10.1 Å². The van der Waals surface area contributed by atoms with Crippen LogP contribution in [-0.2, 0) is 0 Å². The van der Waals surface area contributed by atoms with Crippen LogP contribution in [0.3, 0.4) is 0 Å². The summed E-state index contributed by atoms with van der Waals surface area (Å²) in [6, 6.07) is 7.32. The minimum Gasteiger partial charge on any atom is -0.477 e. The van der Waals surface area contributed by atoms with Gasteiger partial charge in [0.05, 0.1) is 4.92 Å². The van der Waals surface area contributed by atoms with E-state index in [9.17, 15) is 14.9 Å². The molecule has 2 aromatic heterocycles. The second-order valence-corrected chi connectivity index (χ2v) is 4.36. The zero-order valence-electron chi connectivity index (χ0n) is 9.39. The monoisotopic (exact) mass is 277 g/mol. The minimum absolute atomic E-state index is 0.00333. The molecule has 2 aromatic rings. The first-order valence-corrected chi connectivity index (χ1v) is 5.87. The molecule has 2 rings (SSSR count). The van der Waals surface area contributed by atoms with Crippen LogP contribution in [0.15, 0.2) is 46.6 Å². The van der Waals surface area contributed by atoms with Crippen LogP contribution in [0.5, 0.6) is 0 Å². The maximum Gasteiger partial charge on any atom is 0.354 e. The summed E-state index contributed by atoms with van der Waals surface area (Å²) in [7, 11) is 0. The molecule has 0 aliphatic heterocycles. The molecule has 0 saturated heterocycles. The van der Waals surface area contributed by atoms with E-state index >= 15 is 0 Å². The Bertz CT molecular complexity index is 633. The lowest BCUT2D eigenvalue weighted by atomic mass is 10.3. The van der Waals surface area contributed by atoms with E-state index in [0.717, 1.165) is 23.9 Å². The molecule has 8 heteroatoms. The topological polar surface area (TPSA) is 106 Å². The van der Waals surface area contributed by atoms with Crippen LogP contribution in [0, 0.1) is 10.1 Å². The zero-order chi connectivity index (χ0) is 13.8. The third kappa shape index (κ3) is 3.05. The maximum atomic E-state index is 10.9. The lowest BCUT2D eigenvalue weighted by Gasteiger charge is -2.02. The second-order valence-electron chi connectivity index (χ2n) is 3.35. The molecular weight excluding hydrogens is 270 g/mol. The first-order valence-electron chi connectivity index (χ1n) is 5.05. The molecule has 0 unspecified atom stereocenters. The highest BCUT2D eigenvalue weighted by Gasteiger charge is 2.19. The van der Waals surface area contributed by atoms with Gasteiger partial charge in [-0.25, -0.2) is 14.8 Å². The van der Waals surface area contributed by atoms with Crippen LogP contribution >= 0.6 is 11.8 Å². The molecule has 0 bridgehead atoms. The fourth-order valence-corrected chi connectivity index (χ4v) is 2.12. The number of pyridine rings is 2. The zero-order valence-corrected chi connectivity index (χ0v) is 10.2. The standard InChI is InChI=1S/C11H7N3O4S/c15-11(16)7-4-5-8(14(17)18)10(13-7)19-9-3-1-2-6-12-9/h1-6H,(H,15,16). The number of nitro groups is 1. The Morgan fingerprint density at radius 1 is 1.32 bits per heavy atom. The summed E-state index contributed by atoms with van der Waals surface area (Å²) in [6.07, 6.45) is 1.54. The van der Waals surface area contributed by atoms with Gasteiger partial charge in [0.1, 0.15) is 10.7 Å². The van der Waals surface area contributed by atoms with Crippen molar-refractivity contribution in [3.8, 4) is 0 Å². The lowest BCUT2D eigenvalue weighted by molar-refractivity contribution is -0.388. The number of carbonyl (C=O) groups is 1. The van der Waals surface area contributed by atoms with Crippen molar-refractivity contribution in [1.29, 1.82) is 0 Å². The van der Waals surface area contributed by atoms with Crippen molar-refractivity contribution in [2.45, 2.75) is 10.1 Å². The Morgan fingerprint density at radius 2 is 2.11 bits per heavy atom. The molecule has 0 amide bonds. The quantitative estimate of drug-likeness (QED) is 0.674. The van der Waals surface area contributed by atoms with Crippen molar-refractivity contribution in [3.63, 3.8) is 0 Å². The van der Waals surface area contributed by atoms with Gasteiger partial charge in [-0.1, -0.05) is 6.07 Å². The molecule has 0 aliphatic rings. The van der Waals surface area contributed by atoms with Crippen LogP contribution in [0.25, 0.3) is 0 Å². The van der Waals surface area contributed by atoms with Gasteiger partial charge in [0.25, 0.3) is 0 Å². The molecule has 96 valence electrons. The summed E-state index contributed by atoms with van der Waals surface area (Å²) in [5, 5.41) is 20.2. The molecule has 0 radical (unpaired) electrons. The number of hydrogen-bond acceptors (Lipinski definition) is 6. The van der Waals surface area contributed by atoms with E-state index in [1.54, 1.807) is 18.2 Å². The lowest BCUT2D eigenvalue weighted by Crippen LogP contribution is -2.03. The average Bonchev–Trinajstić information content (AvgIpc) is 2.39. The number of aromatic nitrogens is 2. The molecular formula is C11H7N3O4S. The number of carboxylic acids is 1. The third-order valence-corrected chi connectivity index (χ3v) is 3.04. The Hall–Kier alpha value is -2.48. The Kier molecular flexibility index (Phi) is 3.71. The Labute approximate surface area is 111 Å². The molecule has 7 nitrogen and oxygen atoms in total. The minimum atomic E-state index is -1.24. The summed E-state index contributed by atoms with van der Waals surface area (Å²) in [4.78, 5) is 28.9. The highest BCUT2D eigenvalue weighted by atomic mass is 32.2. The van der Waals surface area contributed by atoms with E-state index in [1.165, 1.54) is 6.20 Å². The van der Waals surface area contributed by atoms with Crippen molar-refractivity contribution in [2.75, 3.05) is 0 Å². The van der Waals surface area contributed by atoms with Crippen molar-refractivity contribution in [2.24, 2.45) is 0 Å². The van der Waals surface area contributed by atoms with Gasteiger partial charge in [0, 0.05) is 12.3 Å². The van der Waals surface area contributed by atoms with Crippen LogP contribution in [-0.4, -0.2) is 26.0 Å². The maximum absolute atomic E-state index is 10.9. The molecule has 0 aromatic carbocycles. The second kappa shape index (κ2) is 5.44. The number of aromatic carboxylic acids is 1. The molecule has 0 aliphatic carbocycles. The smallest absolute Gasteiger partial charge is 0.354 e. The van der Waals surface area contributed by atoms with E-state index in [0.29, 0.717) is 5.03 Å². The van der Waals surface area contributed by atoms with Gasteiger partial charge >= 0.3 is 11.7 Å². The van der Waals surface area contributed by atoms with Gasteiger partial charge < -0.3 is 5.11 Å². The summed E-state index contributed by atoms with van der Waals surface area (Å²) in [5.74, 6) is -1.24. The SMILES string of the molecule is O=C(O)c1ccc([N+](=O)[O-])c(Sc2ccccn2)n1. The first kappa shape index (κ1) is 13.0. The fourth-order valence-electron chi connectivity index (χ4n) is 1.27. The molecule has 0 atom stereocenters. The average molecular weight is 277 g/mol. The highest BCUT2D eigenvalue weighted by Crippen LogP contribution is 2.31. The predicted molar refractivity (Wildman–Crippen MR) is 66.2 cm³/mol. The third-order valence-electron chi connectivity index (χ3n) is 2.10. The van der Waals surface area contributed by atoms with Gasteiger partial charge in [-0.05, 0) is 30.0 Å². The molecule has 0 spiro atoms. The van der Waals surface area contributed by atoms with Crippen LogP contribution < -0.4 is 0 Å². The molecule has 2 heterocycles. The molecule has 1 N–H and O–H groups in total. The van der Waals surface area contributed by atoms with E-state index in [2.05, 4.69) is 9.97 Å². The van der Waals surface area contributed by atoms with Crippen LogP contribution in [0.4, 0.5) is 5.69 Å². The van der Waals surface area contributed by atoms with Gasteiger partial charge in [-0.15, -0.1) is 0 Å². The first-order chi connectivity index (χ1) is 9.08. The predicted octanol–water partition coefficient (Wildman–Crippen LogP) is 2.23. The number of nitrogens with zero attached hydrogens (tertiary/aromatic N) is 3. The van der Waals surface area contributed by atoms with E-state index in [4.69, 9.17) is 5.11 Å². The fraction of sp³-hybridized carbons (Fsp3) is 0. The van der Waals surface area contributed by atoms with Crippen molar-refractivity contribution < 1.29 is 14.8 Å². The molecule has 0 fully saturated rings. The number of rotatable bonds is 4. The summed E-state index contributed by atoms with van der Waals surface area (Å²) < 4.78 is 0. The normalized spacial score (nSPS) is 10.1.